The summed E-state index contributed by atoms with van der Waals surface area (Å²) < 4.78 is 5.08. The summed E-state index contributed by atoms with van der Waals surface area (Å²) in [6.07, 6.45) is 4.76. The summed E-state index contributed by atoms with van der Waals surface area (Å²) in [4.78, 5) is 0. The predicted molar refractivity (Wildman–Crippen MR) is 100 cm³/mol. The standard InChI is InChI=1S/C13H18N6OS2/c1-14-13(22-3)19-16-9-8-15-18-12(21)17-10-4-6-11(20-2)7-5-10/h4-9H,1-3H3,(H,14,19)(H2,17,18,21)/b15-8+,16-9+. The molecule has 0 aromatic heterocycles. The highest BCUT2D eigenvalue weighted by Crippen LogP contribution is 2.15. The Hall–Kier alpha value is -2.00. The van der Waals surface area contributed by atoms with Crippen LogP contribution in [0.2, 0.25) is 0 Å². The van der Waals surface area contributed by atoms with Crippen LogP contribution >= 0.6 is 24.4 Å². The highest BCUT2D eigenvalue weighted by molar-refractivity contribution is 8.13. The maximum absolute atomic E-state index is 5.08. The van der Waals surface area contributed by atoms with Gasteiger partial charge in [-0.05, 0) is 30.5 Å². The number of thiol groups is 1. The van der Waals surface area contributed by atoms with Crippen molar-refractivity contribution in [3.8, 4) is 5.75 Å². The van der Waals surface area contributed by atoms with Crippen LogP contribution in [-0.2, 0) is 0 Å². The quantitative estimate of drug-likeness (QED) is 0.333. The summed E-state index contributed by atoms with van der Waals surface area (Å²) in [6, 6.07) is 7.38. The first-order valence-corrected chi connectivity index (χ1v) is 7.89. The van der Waals surface area contributed by atoms with Gasteiger partial charge in [0.1, 0.15) is 5.75 Å². The summed E-state index contributed by atoms with van der Waals surface area (Å²) in [5, 5.41) is 22.3. The van der Waals surface area contributed by atoms with Gasteiger partial charge >= 0.3 is 0 Å². The summed E-state index contributed by atoms with van der Waals surface area (Å²) in [5.74, 6) is 0.782. The van der Waals surface area contributed by atoms with Gasteiger partial charge in [0, 0.05) is 12.7 Å². The number of thioether (sulfide) groups is 1. The maximum Gasteiger partial charge on any atom is 0.184 e. The van der Waals surface area contributed by atoms with Crippen molar-refractivity contribution in [2.75, 3.05) is 25.7 Å². The zero-order valence-corrected chi connectivity index (χ0v) is 14.2. The third kappa shape index (κ3) is 7.14. The van der Waals surface area contributed by atoms with Crippen LogP contribution in [0.15, 0.2) is 44.7 Å². The first kappa shape index (κ1) is 18.1. The van der Waals surface area contributed by atoms with Gasteiger partial charge in [0.25, 0.3) is 0 Å². The van der Waals surface area contributed by atoms with E-state index in [2.05, 4.69) is 43.7 Å². The molecule has 2 N–H and O–H groups in total. The molecule has 0 aliphatic carbocycles. The predicted octanol–water partition coefficient (Wildman–Crippen LogP) is 2.30. The Labute approximate surface area is 139 Å². The van der Waals surface area contributed by atoms with Gasteiger partial charge in [-0.25, -0.2) is 0 Å². The number of hydrogen-bond acceptors (Lipinski definition) is 6. The molecule has 0 atom stereocenters. The molecule has 1 aromatic carbocycles. The first-order valence-electron chi connectivity index (χ1n) is 6.22. The second-order valence-corrected chi connectivity index (χ2v) is 4.88. The van der Waals surface area contributed by atoms with Gasteiger partial charge in [-0.2, -0.15) is 10.2 Å². The fourth-order valence-corrected chi connectivity index (χ4v) is 1.77. The molecule has 0 aliphatic heterocycles. The van der Waals surface area contributed by atoms with Crippen LogP contribution in [0.3, 0.4) is 0 Å². The minimum Gasteiger partial charge on any atom is -0.497 e. The molecule has 0 bridgehead atoms. The number of amidine groups is 2. The van der Waals surface area contributed by atoms with Crippen LogP contribution in [0.5, 0.6) is 5.75 Å². The monoisotopic (exact) mass is 338 g/mol. The molecule has 0 amide bonds. The topological polar surface area (TPSA) is 82.7 Å². The molecule has 0 heterocycles. The minimum atomic E-state index is 0.360. The molecule has 9 heteroatoms. The van der Waals surface area contributed by atoms with Crippen molar-refractivity contribution < 1.29 is 4.74 Å². The largest absolute Gasteiger partial charge is 0.497 e. The van der Waals surface area contributed by atoms with Crippen molar-refractivity contribution in [2.45, 2.75) is 0 Å². The molecule has 0 saturated carbocycles. The number of methoxy groups -OCH3 is 1. The van der Waals surface area contributed by atoms with Crippen molar-refractivity contribution >= 4 is 52.8 Å². The molecule has 1 rings (SSSR count). The van der Waals surface area contributed by atoms with Gasteiger partial charge in [0.2, 0.25) is 0 Å². The zero-order valence-electron chi connectivity index (χ0n) is 12.5. The smallest absolute Gasteiger partial charge is 0.184 e. The second-order valence-electron chi connectivity index (χ2n) is 3.67. The lowest BCUT2D eigenvalue weighted by molar-refractivity contribution is 0.415. The Bertz CT molecular complexity index is 562. The van der Waals surface area contributed by atoms with Crippen LogP contribution in [0.25, 0.3) is 0 Å². The Morgan fingerprint density at radius 1 is 1.18 bits per heavy atom. The van der Waals surface area contributed by atoms with Gasteiger partial charge in [-0.15, -0.1) is 22.8 Å². The second kappa shape index (κ2) is 10.7. The number of rotatable bonds is 5. The lowest BCUT2D eigenvalue weighted by Crippen LogP contribution is -2.12. The molecule has 7 nitrogen and oxygen atoms in total. The fraction of sp³-hybridized carbons (Fsp3) is 0.231. The summed E-state index contributed by atoms with van der Waals surface area (Å²) in [5.41, 5.74) is 0.835. The van der Waals surface area contributed by atoms with E-state index in [-0.39, 0.29) is 0 Å². The average molecular weight is 338 g/mol. The molecule has 1 aromatic rings. The molecule has 0 spiro atoms. The Kier molecular flexibility index (Phi) is 8.77. The molecule has 0 aliphatic rings. The van der Waals surface area contributed by atoms with E-state index in [4.69, 9.17) is 4.74 Å². The van der Waals surface area contributed by atoms with Crippen LogP contribution in [0.4, 0.5) is 5.69 Å². The normalized spacial score (nSPS) is 12.9. The Morgan fingerprint density at radius 3 is 2.36 bits per heavy atom. The van der Waals surface area contributed by atoms with E-state index in [0.717, 1.165) is 11.4 Å². The fourth-order valence-electron chi connectivity index (χ4n) is 1.25. The van der Waals surface area contributed by atoms with Gasteiger partial charge in [-0.3, -0.25) is 0 Å². The number of ether oxygens (including phenoxy) is 1. The van der Waals surface area contributed by atoms with Crippen LogP contribution in [0, 0.1) is 0 Å². The average Bonchev–Trinajstić information content (AvgIpc) is 2.55. The molecule has 0 saturated heterocycles. The van der Waals surface area contributed by atoms with Gasteiger partial charge in [0.05, 0.1) is 19.5 Å². The number of anilines is 1. The van der Waals surface area contributed by atoms with Crippen molar-refractivity contribution in [3.05, 3.63) is 24.3 Å². The molecule has 0 unspecified atom stereocenters. The van der Waals surface area contributed by atoms with Gasteiger partial charge < -0.3 is 15.4 Å². The van der Waals surface area contributed by atoms with Gasteiger partial charge in [0.15, 0.2) is 10.3 Å². The zero-order chi connectivity index (χ0) is 16.2. The van der Waals surface area contributed by atoms with E-state index in [0.29, 0.717) is 10.3 Å². The summed E-state index contributed by atoms with van der Waals surface area (Å²) in [6.45, 7) is 0. The lowest BCUT2D eigenvalue weighted by Gasteiger charge is -2.04. The van der Waals surface area contributed by atoms with Crippen molar-refractivity contribution in [1.29, 1.82) is 0 Å². The van der Waals surface area contributed by atoms with E-state index >= 15 is 0 Å². The molecular formula is C13H18N6OS2. The third-order valence-corrected chi connectivity index (χ3v) is 3.13. The Morgan fingerprint density at radius 2 is 1.82 bits per heavy atom. The number of nitrogens with one attached hydrogen (secondary N) is 2. The Balaban J connectivity index is 2.49. The van der Waals surface area contributed by atoms with Crippen LogP contribution < -0.4 is 15.4 Å². The molecule has 0 fully saturated rings. The summed E-state index contributed by atoms with van der Waals surface area (Å²) in [7, 11) is 3.40. The highest BCUT2D eigenvalue weighted by atomic mass is 32.2. The lowest BCUT2D eigenvalue weighted by atomic mass is 10.3. The number of hydrogen-bond donors (Lipinski definition) is 3. The highest BCUT2D eigenvalue weighted by Gasteiger charge is 1.95. The van der Waals surface area contributed by atoms with E-state index in [1.807, 2.05) is 30.5 Å². The van der Waals surface area contributed by atoms with E-state index in [9.17, 15) is 0 Å². The van der Waals surface area contributed by atoms with Gasteiger partial charge in [-0.1, -0.05) is 11.8 Å². The molecule has 0 radical (unpaired) electrons. The van der Waals surface area contributed by atoms with E-state index in [1.165, 1.54) is 24.2 Å². The van der Waals surface area contributed by atoms with E-state index < -0.39 is 0 Å². The van der Waals surface area contributed by atoms with Crippen LogP contribution in [0.1, 0.15) is 0 Å². The van der Waals surface area contributed by atoms with Crippen LogP contribution in [-0.4, -0.2) is 43.2 Å². The van der Waals surface area contributed by atoms with E-state index in [1.54, 1.807) is 14.2 Å². The first-order chi connectivity index (χ1) is 10.7. The number of benzene rings is 1. The maximum atomic E-state index is 5.08. The molecule has 118 valence electrons. The van der Waals surface area contributed by atoms with Crippen molar-refractivity contribution in [3.63, 3.8) is 0 Å². The summed E-state index contributed by atoms with van der Waals surface area (Å²) >= 11 is 5.65. The minimum absolute atomic E-state index is 0.360. The van der Waals surface area contributed by atoms with Crippen molar-refractivity contribution in [1.82, 2.24) is 5.32 Å². The number of nitrogens with zero attached hydrogens (tertiary/aromatic N) is 4. The third-order valence-electron chi connectivity index (χ3n) is 2.25. The molecule has 22 heavy (non-hydrogen) atoms. The molecular weight excluding hydrogens is 320 g/mol. The van der Waals surface area contributed by atoms with Crippen molar-refractivity contribution in [2.24, 2.45) is 20.4 Å². The SMILES string of the molecule is CN/C(=N/N=C/C=N/N=C(\S)Nc1ccc(OC)cc1)SC.